The lowest BCUT2D eigenvalue weighted by molar-refractivity contribution is -0.174. The van der Waals surface area contributed by atoms with E-state index in [9.17, 15) is 4.79 Å². The molecule has 1 unspecified atom stereocenters. The molecule has 1 saturated heterocycles. The fourth-order valence-corrected chi connectivity index (χ4v) is 1.81. The van der Waals surface area contributed by atoms with Gasteiger partial charge in [0.15, 0.2) is 0 Å². The smallest absolute Gasteiger partial charge is 0.332 e. The van der Waals surface area contributed by atoms with Crippen LogP contribution in [0.5, 0.6) is 0 Å². The van der Waals surface area contributed by atoms with Crippen molar-refractivity contribution in [1.82, 2.24) is 0 Å². The van der Waals surface area contributed by atoms with Gasteiger partial charge in [-0.25, -0.2) is 4.79 Å². The van der Waals surface area contributed by atoms with Crippen molar-refractivity contribution in [3.8, 4) is 0 Å². The van der Waals surface area contributed by atoms with Gasteiger partial charge in [-0.2, -0.15) is 0 Å². The topological polar surface area (TPSA) is 87.6 Å². The Morgan fingerprint density at radius 2 is 2.44 bits per heavy atom. The molecular formula is C11H16N2O3. The molecule has 0 bridgehead atoms. The SMILES string of the molecule is NC1=CC=C[C@](N)(C(=O)OC2CCCO2)C1. The zero-order chi connectivity index (χ0) is 11.6. The second kappa shape index (κ2) is 4.27. The third-order valence-corrected chi connectivity index (χ3v) is 2.71. The molecule has 5 heteroatoms. The molecule has 88 valence electrons. The monoisotopic (exact) mass is 224 g/mol. The minimum absolute atomic E-state index is 0.287. The number of hydrogen-bond donors (Lipinski definition) is 2. The van der Waals surface area contributed by atoms with Crippen LogP contribution in [0.15, 0.2) is 23.9 Å². The summed E-state index contributed by atoms with van der Waals surface area (Å²) in [5.74, 6) is -0.480. The first-order valence-electron chi connectivity index (χ1n) is 5.36. The van der Waals surface area contributed by atoms with Crippen molar-refractivity contribution in [3.05, 3.63) is 23.9 Å². The molecule has 1 aliphatic heterocycles. The minimum atomic E-state index is -1.15. The van der Waals surface area contributed by atoms with Gasteiger partial charge < -0.3 is 20.9 Å². The van der Waals surface area contributed by atoms with Crippen LogP contribution in [0.2, 0.25) is 0 Å². The van der Waals surface area contributed by atoms with Crippen LogP contribution in [0, 0.1) is 0 Å². The molecular weight excluding hydrogens is 208 g/mol. The van der Waals surface area contributed by atoms with Gasteiger partial charge in [0.1, 0.15) is 5.54 Å². The van der Waals surface area contributed by atoms with E-state index in [1.807, 2.05) is 0 Å². The third kappa shape index (κ3) is 2.25. The van der Waals surface area contributed by atoms with Crippen molar-refractivity contribution in [1.29, 1.82) is 0 Å². The molecule has 0 aromatic rings. The molecule has 0 aromatic heterocycles. The van der Waals surface area contributed by atoms with Gasteiger partial charge in [-0.15, -0.1) is 0 Å². The van der Waals surface area contributed by atoms with Crippen molar-refractivity contribution < 1.29 is 14.3 Å². The van der Waals surface area contributed by atoms with Crippen LogP contribution < -0.4 is 11.5 Å². The van der Waals surface area contributed by atoms with Gasteiger partial charge in [-0.3, -0.25) is 0 Å². The van der Waals surface area contributed by atoms with Crippen LogP contribution in [-0.2, 0) is 14.3 Å². The number of carbonyl (C=O) groups excluding carboxylic acids is 1. The van der Waals surface area contributed by atoms with E-state index in [1.165, 1.54) is 0 Å². The van der Waals surface area contributed by atoms with Crippen LogP contribution in [-0.4, -0.2) is 24.4 Å². The lowest BCUT2D eigenvalue weighted by Crippen LogP contribution is -2.50. The molecule has 5 nitrogen and oxygen atoms in total. The highest BCUT2D eigenvalue weighted by Crippen LogP contribution is 2.22. The lowest BCUT2D eigenvalue weighted by Gasteiger charge is -2.27. The number of allylic oxidation sites excluding steroid dienone is 2. The van der Waals surface area contributed by atoms with Gasteiger partial charge in [0.25, 0.3) is 0 Å². The van der Waals surface area contributed by atoms with Crippen LogP contribution in [0.1, 0.15) is 19.3 Å². The number of hydrogen-bond acceptors (Lipinski definition) is 5. The van der Waals surface area contributed by atoms with Crippen molar-refractivity contribution in [2.75, 3.05) is 6.61 Å². The van der Waals surface area contributed by atoms with E-state index in [0.29, 0.717) is 12.3 Å². The summed E-state index contributed by atoms with van der Waals surface area (Å²) in [6.07, 6.45) is 6.49. The fraction of sp³-hybridized carbons (Fsp3) is 0.545. The van der Waals surface area contributed by atoms with Gasteiger partial charge >= 0.3 is 5.97 Å². The van der Waals surface area contributed by atoms with Crippen molar-refractivity contribution in [2.45, 2.75) is 31.1 Å². The predicted octanol–water partition coefficient (Wildman–Crippen LogP) is 0.166. The first-order chi connectivity index (χ1) is 7.60. The van der Waals surface area contributed by atoms with Crippen LogP contribution in [0.4, 0.5) is 0 Å². The molecule has 4 N–H and O–H groups in total. The molecule has 2 aliphatic rings. The Hall–Kier alpha value is -1.33. The molecule has 0 saturated carbocycles. The summed E-state index contributed by atoms with van der Waals surface area (Å²) >= 11 is 0. The number of rotatable bonds is 2. The summed E-state index contributed by atoms with van der Waals surface area (Å²) < 4.78 is 10.4. The van der Waals surface area contributed by atoms with Gasteiger partial charge in [-0.05, 0) is 12.5 Å². The van der Waals surface area contributed by atoms with E-state index in [0.717, 1.165) is 12.8 Å². The van der Waals surface area contributed by atoms with E-state index in [1.54, 1.807) is 18.2 Å². The summed E-state index contributed by atoms with van der Waals surface area (Å²) in [5.41, 5.74) is 11.0. The Morgan fingerprint density at radius 1 is 1.62 bits per heavy atom. The van der Waals surface area contributed by atoms with Gasteiger partial charge in [0, 0.05) is 18.5 Å². The van der Waals surface area contributed by atoms with E-state index in [4.69, 9.17) is 20.9 Å². The molecule has 2 rings (SSSR count). The lowest BCUT2D eigenvalue weighted by atomic mass is 9.91. The summed E-state index contributed by atoms with van der Waals surface area (Å²) in [5, 5.41) is 0. The maximum Gasteiger partial charge on any atom is 0.332 e. The van der Waals surface area contributed by atoms with Gasteiger partial charge in [0.2, 0.25) is 6.29 Å². The third-order valence-electron chi connectivity index (χ3n) is 2.71. The average Bonchev–Trinajstić information content (AvgIpc) is 2.70. The highest BCUT2D eigenvalue weighted by Gasteiger charge is 2.37. The second-order valence-corrected chi connectivity index (χ2v) is 4.17. The van der Waals surface area contributed by atoms with Crippen molar-refractivity contribution >= 4 is 5.97 Å². The van der Waals surface area contributed by atoms with Gasteiger partial charge in [0.05, 0.1) is 6.61 Å². The number of esters is 1. The fourth-order valence-electron chi connectivity index (χ4n) is 1.81. The Morgan fingerprint density at radius 3 is 3.06 bits per heavy atom. The zero-order valence-corrected chi connectivity index (χ0v) is 9.02. The summed E-state index contributed by atoms with van der Waals surface area (Å²) in [7, 11) is 0. The maximum absolute atomic E-state index is 11.9. The normalized spacial score (nSPS) is 33.6. The molecule has 1 heterocycles. The molecule has 1 aliphatic carbocycles. The van der Waals surface area contributed by atoms with E-state index in [-0.39, 0.29) is 6.42 Å². The van der Waals surface area contributed by atoms with Crippen molar-refractivity contribution in [3.63, 3.8) is 0 Å². The molecule has 2 atom stereocenters. The molecule has 0 amide bonds. The Bertz CT molecular complexity index is 345. The van der Waals surface area contributed by atoms with E-state index >= 15 is 0 Å². The number of ether oxygens (including phenoxy) is 2. The summed E-state index contributed by atoms with van der Waals surface area (Å²) in [6, 6.07) is 0. The largest absolute Gasteiger partial charge is 0.434 e. The second-order valence-electron chi connectivity index (χ2n) is 4.17. The van der Waals surface area contributed by atoms with E-state index in [2.05, 4.69) is 0 Å². The summed E-state index contributed by atoms with van der Waals surface area (Å²) in [6.45, 7) is 0.632. The van der Waals surface area contributed by atoms with E-state index < -0.39 is 17.8 Å². The quantitative estimate of drug-likeness (QED) is 0.653. The molecule has 0 aromatic carbocycles. The maximum atomic E-state index is 11.9. The van der Waals surface area contributed by atoms with Crippen molar-refractivity contribution in [2.24, 2.45) is 11.5 Å². The highest BCUT2D eigenvalue weighted by atomic mass is 16.7. The molecule has 0 radical (unpaired) electrons. The minimum Gasteiger partial charge on any atom is -0.434 e. The van der Waals surface area contributed by atoms with Crippen LogP contribution in [0.3, 0.4) is 0 Å². The molecule has 1 fully saturated rings. The Kier molecular flexibility index (Phi) is 2.98. The van der Waals surface area contributed by atoms with Gasteiger partial charge in [-0.1, -0.05) is 12.2 Å². The highest BCUT2D eigenvalue weighted by molar-refractivity contribution is 5.84. The molecule has 16 heavy (non-hydrogen) atoms. The summed E-state index contributed by atoms with van der Waals surface area (Å²) in [4.78, 5) is 11.9. The first kappa shape index (κ1) is 11.2. The Labute approximate surface area is 94.1 Å². The number of nitrogens with two attached hydrogens (primary N) is 2. The standard InChI is InChI=1S/C11H16N2O3/c12-8-3-1-5-11(13,7-8)10(14)16-9-4-2-6-15-9/h1,3,5,9H,2,4,6-7,12-13H2/t9?,11-/m1/s1. The molecule has 0 spiro atoms. The zero-order valence-electron chi connectivity index (χ0n) is 9.02. The first-order valence-corrected chi connectivity index (χ1v) is 5.36. The Balaban J connectivity index is 1.98. The number of carbonyl (C=O) groups is 1. The predicted molar refractivity (Wildman–Crippen MR) is 58.0 cm³/mol. The van der Waals surface area contributed by atoms with Crippen LogP contribution >= 0.6 is 0 Å². The average molecular weight is 224 g/mol. The van der Waals surface area contributed by atoms with Crippen LogP contribution in [0.25, 0.3) is 0 Å².